The minimum Gasteiger partial charge on any atom is -0.316 e. The van der Waals surface area contributed by atoms with Gasteiger partial charge in [-0.2, -0.15) is 0 Å². The first-order chi connectivity index (χ1) is 9.13. The molecular weight excluding hydrogens is 234 g/mol. The van der Waals surface area contributed by atoms with Gasteiger partial charge in [-0.15, -0.1) is 0 Å². The Morgan fingerprint density at radius 1 is 1.11 bits per heavy atom. The van der Waals surface area contributed by atoms with E-state index >= 15 is 0 Å². The molecule has 2 rings (SSSR count). The predicted molar refractivity (Wildman–Crippen MR) is 82.5 cm³/mol. The van der Waals surface area contributed by atoms with E-state index in [1.807, 2.05) is 0 Å². The van der Waals surface area contributed by atoms with Crippen LogP contribution in [0.2, 0.25) is 0 Å². The van der Waals surface area contributed by atoms with Crippen molar-refractivity contribution in [3.63, 3.8) is 0 Å². The van der Waals surface area contributed by atoms with E-state index in [1.54, 1.807) is 0 Å². The molecule has 0 amide bonds. The fraction of sp³-hybridized carbons (Fsp3) is 1.00. The lowest BCUT2D eigenvalue weighted by molar-refractivity contribution is 0.164. The van der Waals surface area contributed by atoms with Gasteiger partial charge < -0.3 is 15.1 Å². The largest absolute Gasteiger partial charge is 0.316 e. The Morgan fingerprint density at radius 3 is 2.68 bits per heavy atom. The standard InChI is InChI=1S/C16H33N3/c1-14(2)9-17-10-15-6-8-19(12-15)13-16-5-4-7-18(3)11-16/h14-17H,4-13H2,1-3H3. The third-order valence-electron chi connectivity index (χ3n) is 4.59. The molecule has 1 N–H and O–H groups in total. The number of hydrogen-bond acceptors (Lipinski definition) is 3. The third-order valence-corrected chi connectivity index (χ3v) is 4.59. The Labute approximate surface area is 119 Å². The van der Waals surface area contributed by atoms with E-state index in [9.17, 15) is 0 Å². The van der Waals surface area contributed by atoms with Gasteiger partial charge >= 0.3 is 0 Å². The molecule has 2 saturated heterocycles. The van der Waals surface area contributed by atoms with Crippen LogP contribution in [0.15, 0.2) is 0 Å². The highest BCUT2D eigenvalue weighted by Crippen LogP contribution is 2.21. The molecule has 2 atom stereocenters. The van der Waals surface area contributed by atoms with Gasteiger partial charge in [0.1, 0.15) is 0 Å². The van der Waals surface area contributed by atoms with Crippen molar-refractivity contribution in [3.8, 4) is 0 Å². The highest BCUT2D eigenvalue weighted by Gasteiger charge is 2.26. The van der Waals surface area contributed by atoms with Crippen LogP contribution in [0.5, 0.6) is 0 Å². The number of likely N-dealkylation sites (tertiary alicyclic amines) is 2. The quantitative estimate of drug-likeness (QED) is 0.793. The fourth-order valence-electron chi connectivity index (χ4n) is 3.61. The molecule has 0 bridgehead atoms. The SMILES string of the molecule is CC(C)CNCC1CCN(CC2CCCN(C)C2)C1. The van der Waals surface area contributed by atoms with E-state index in [2.05, 4.69) is 36.0 Å². The summed E-state index contributed by atoms with van der Waals surface area (Å²) in [6.45, 7) is 13.6. The first-order valence-corrected chi connectivity index (χ1v) is 8.25. The second kappa shape index (κ2) is 7.61. The molecule has 2 heterocycles. The maximum absolute atomic E-state index is 3.62. The van der Waals surface area contributed by atoms with Gasteiger partial charge in [-0.1, -0.05) is 13.8 Å². The van der Waals surface area contributed by atoms with Gasteiger partial charge in [0.15, 0.2) is 0 Å². The van der Waals surface area contributed by atoms with Crippen molar-refractivity contribution in [2.45, 2.75) is 33.1 Å². The van der Waals surface area contributed by atoms with Crippen molar-refractivity contribution in [2.24, 2.45) is 17.8 Å². The van der Waals surface area contributed by atoms with Gasteiger partial charge in [-0.25, -0.2) is 0 Å². The van der Waals surface area contributed by atoms with Crippen molar-refractivity contribution in [1.82, 2.24) is 15.1 Å². The monoisotopic (exact) mass is 267 g/mol. The zero-order chi connectivity index (χ0) is 13.7. The molecule has 3 nitrogen and oxygen atoms in total. The van der Waals surface area contributed by atoms with Crippen LogP contribution in [0.3, 0.4) is 0 Å². The summed E-state index contributed by atoms with van der Waals surface area (Å²) in [5.74, 6) is 2.58. The minimum absolute atomic E-state index is 0.773. The highest BCUT2D eigenvalue weighted by atomic mass is 15.2. The van der Waals surface area contributed by atoms with Crippen LogP contribution in [-0.2, 0) is 0 Å². The Balaban J connectivity index is 1.61. The van der Waals surface area contributed by atoms with Crippen molar-refractivity contribution >= 4 is 0 Å². The topological polar surface area (TPSA) is 18.5 Å². The summed E-state index contributed by atoms with van der Waals surface area (Å²) in [7, 11) is 2.27. The van der Waals surface area contributed by atoms with Crippen molar-refractivity contribution < 1.29 is 0 Å². The van der Waals surface area contributed by atoms with Crippen LogP contribution >= 0.6 is 0 Å². The summed E-state index contributed by atoms with van der Waals surface area (Å²) in [5, 5.41) is 3.62. The first kappa shape index (κ1) is 15.3. The van der Waals surface area contributed by atoms with Crippen molar-refractivity contribution in [3.05, 3.63) is 0 Å². The number of hydrogen-bond donors (Lipinski definition) is 1. The number of piperidine rings is 1. The van der Waals surface area contributed by atoms with Crippen LogP contribution < -0.4 is 5.32 Å². The molecule has 0 aliphatic carbocycles. The molecule has 2 aliphatic rings. The Hall–Kier alpha value is -0.120. The van der Waals surface area contributed by atoms with Gasteiger partial charge in [0, 0.05) is 19.6 Å². The molecule has 3 heteroatoms. The van der Waals surface area contributed by atoms with Crippen LogP contribution in [0.4, 0.5) is 0 Å². The van der Waals surface area contributed by atoms with Gasteiger partial charge in [0.2, 0.25) is 0 Å². The Kier molecular flexibility index (Phi) is 6.11. The summed E-state index contributed by atoms with van der Waals surface area (Å²) in [6.07, 6.45) is 4.24. The van der Waals surface area contributed by atoms with E-state index < -0.39 is 0 Å². The first-order valence-electron chi connectivity index (χ1n) is 8.25. The molecule has 0 radical (unpaired) electrons. The maximum Gasteiger partial charge on any atom is 0.00224 e. The van der Waals surface area contributed by atoms with E-state index in [1.165, 1.54) is 65.1 Å². The second-order valence-electron chi connectivity index (χ2n) is 7.24. The molecule has 2 fully saturated rings. The lowest BCUT2D eigenvalue weighted by atomic mass is 9.98. The molecule has 0 aromatic rings. The molecule has 0 saturated carbocycles. The highest BCUT2D eigenvalue weighted by molar-refractivity contribution is 4.81. The van der Waals surface area contributed by atoms with Gasteiger partial charge in [0.05, 0.1) is 0 Å². The molecular formula is C16H33N3. The molecule has 2 aliphatic heterocycles. The van der Waals surface area contributed by atoms with Gasteiger partial charge in [0.25, 0.3) is 0 Å². The van der Waals surface area contributed by atoms with Crippen molar-refractivity contribution in [1.29, 1.82) is 0 Å². The maximum atomic E-state index is 3.62. The van der Waals surface area contributed by atoms with E-state index in [-0.39, 0.29) is 0 Å². The zero-order valence-electron chi connectivity index (χ0n) is 13.2. The lowest BCUT2D eigenvalue weighted by Crippen LogP contribution is -2.39. The second-order valence-corrected chi connectivity index (χ2v) is 7.24. The average molecular weight is 267 g/mol. The van der Waals surface area contributed by atoms with Gasteiger partial charge in [-0.3, -0.25) is 0 Å². The van der Waals surface area contributed by atoms with Crippen LogP contribution in [0.1, 0.15) is 33.1 Å². The van der Waals surface area contributed by atoms with E-state index in [4.69, 9.17) is 0 Å². The van der Waals surface area contributed by atoms with Crippen molar-refractivity contribution in [2.75, 3.05) is 52.9 Å². The number of nitrogens with one attached hydrogen (secondary N) is 1. The summed E-state index contributed by atoms with van der Waals surface area (Å²) >= 11 is 0. The van der Waals surface area contributed by atoms with Gasteiger partial charge in [-0.05, 0) is 70.2 Å². The molecule has 0 aromatic heterocycles. The molecule has 0 spiro atoms. The summed E-state index contributed by atoms with van der Waals surface area (Å²) in [6, 6.07) is 0. The summed E-state index contributed by atoms with van der Waals surface area (Å²) in [4.78, 5) is 5.22. The van der Waals surface area contributed by atoms with E-state index in [0.29, 0.717) is 0 Å². The van der Waals surface area contributed by atoms with E-state index in [0.717, 1.165) is 17.8 Å². The number of nitrogens with zero attached hydrogens (tertiary/aromatic N) is 2. The minimum atomic E-state index is 0.773. The Bertz CT molecular complexity index is 254. The van der Waals surface area contributed by atoms with Crippen LogP contribution in [-0.4, -0.2) is 62.7 Å². The third kappa shape index (κ3) is 5.41. The summed E-state index contributed by atoms with van der Waals surface area (Å²) < 4.78 is 0. The normalized spacial score (nSPS) is 30.3. The average Bonchev–Trinajstić information content (AvgIpc) is 2.76. The van der Waals surface area contributed by atoms with Crippen LogP contribution in [0, 0.1) is 17.8 Å². The molecule has 2 unspecified atom stereocenters. The molecule has 0 aromatic carbocycles. The fourth-order valence-corrected chi connectivity index (χ4v) is 3.61. The zero-order valence-corrected chi connectivity index (χ0v) is 13.2. The lowest BCUT2D eigenvalue weighted by Gasteiger charge is -2.32. The molecule has 112 valence electrons. The number of rotatable bonds is 6. The molecule has 19 heavy (non-hydrogen) atoms. The van der Waals surface area contributed by atoms with Crippen LogP contribution in [0.25, 0.3) is 0 Å². The Morgan fingerprint density at radius 2 is 1.95 bits per heavy atom. The smallest absolute Gasteiger partial charge is 0.00224 e. The summed E-state index contributed by atoms with van der Waals surface area (Å²) in [5.41, 5.74) is 0. The predicted octanol–water partition coefficient (Wildman–Crippen LogP) is 1.90.